The molecule has 3 atom stereocenters. The third kappa shape index (κ3) is 2.64. The molecular formula is C18H20Cl2N2O3. The second-order valence-corrected chi connectivity index (χ2v) is 8.23. The van der Waals surface area contributed by atoms with Crippen LogP contribution < -0.4 is 5.32 Å². The Bertz CT molecular complexity index is 754. The van der Waals surface area contributed by atoms with Crippen molar-refractivity contribution >= 4 is 40.7 Å². The number of nitrogens with one attached hydrogen (secondary N) is 1. The fourth-order valence-corrected chi connectivity index (χ4v) is 4.86. The largest absolute Gasteiger partial charge is 0.396 e. The van der Waals surface area contributed by atoms with Gasteiger partial charge in [-0.3, -0.25) is 9.59 Å². The van der Waals surface area contributed by atoms with E-state index in [1.54, 1.807) is 12.1 Å². The number of carbonyl (C=O) groups excluding carboxylic acids is 2. The number of amides is 2. The number of hydrogen-bond acceptors (Lipinski definition) is 3. The molecule has 1 unspecified atom stereocenters. The molecule has 2 N–H and O–H groups in total. The van der Waals surface area contributed by atoms with Crippen molar-refractivity contribution in [2.45, 2.75) is 31.1 Å². The van der Waals surface area contributed by atoms with E-state index < -0.39 is 5.41 Å². The van der Waals surface area contributed by atoms with Crippen LogP contribution >= 0.6 is 23.2 Å². The average molecular weight is 383 g/mol. The zero-order chi connectivity index (χ0) is 17.8. The Hall–Kier alpha value is -1.30. The van der Waals surface area contributed by atoms with E-state index in [2.05, 4.69) is 5.32 Å². The summed E-state index contributed by atoms with van der Waals surface area (Å²) in [7, 11) is 0. The smallest absolute Gasteiger partial charge is 0.237 e. The number of rotatable bonds is 2. The van der Waals surface area contributed by atoms with Gasteiger partial charge in [0, 0.05) is 31.3 Å². The number of nitrogens with zero attached hydrogens (tertiary/aromatic N) is 1. The van der Waals surface area contributed by atoms with Crippen molar-refractivity contribution in [2.75, 3.05) is 25.0 Å². The molecule has 2 heterocycles. The van der Waals surface area contributed by atoms with Gasteiger partial charge in [-0.1, -0.05) is 23.2 Å². The highest BCUT2D eigenvalue weighted by Gasteiger charge is 2.53. The first-order chi connectivity index (χ1) is 11.9. The van der Waals surface area contributed by atoms with Gasteiger partial charge < -0.3 is 15.3 Å². The second kappa shape index (κ2) is 6.15. The zero-order valence-electron chi connectivity index (χ0n) is 13.7. The summed E-state index contributed by atoms with van der Waals surface area (Å²) < 4.78 is 0. The van der Waals surface area contributed by atoms with Crippen LogP contribution in [0.2, 0.25) is 10.0 Å². The Labute approximate surface area is 156 Å². The zero-order valence-corrected chi connectivity index (χ0v) is 15.2. The van der Waals surface area contributed by atoms with Crippen molar-refractivity contribution in [3.05, 3.63) is 27.7 Å². The standard InChI is InChI=1S/C18H20Cl2N2O3/c19-13-6-12-15(7-14(13)20)21-17(25)18(12)3-4-22(9-18)16(24)11-2-1-10(5-11)8-23/h6-7,10-11,23H,1-5,8-9H2,(H,21,25)/t10-,11?,18-/m1/s1. The van der Waals surface area contributed by atoms with Crippen LogP contribution in [0.5, 0.6) is 0 Å². The van der Waals surface area contributed by atoms with E-state index in [-0.39, 0.29) is 30.3 Å². The maximum absolute atomic E-state index is 12.9. The molecule has 5 nitrogen and oxygen atoms in total. The number of likely N-dealkylation sites (tertiary alicyclic amines) is 1. The molecule has 7 heteroatoms. The number of hydrogen-bond donors (Lipinski definition) is 2. The predicted octanol–water partition coefficient (Wildman–Crippen LogP) is 2.82. The quantitative estimate of drug-likeness (QED) is 0.825. The Morgan fingerprint density at radius 2 is 2.08 bits per heavy atom. The van der Waals surface area contributed by atoms with Crippen molar-refractivity contribution < 1.29 is 14.7 Å². The molecule has 1 saturated carbocycles. The van der Waals surface area contributed by atoms with E-state index in [0.717, 1.165) is 24.8 Å². The highest BCUT2D eigenvalue weighted by atomic mass is 35.5. The molecule has 0 aromatic heterocycles. The summed E-state index contributed by atoms with van der Waals surface area (Å²) in [6.45, 7) is 1.08. The molecule has 1 spiro atoms. The first kappa shape index (κ1) is 17.1. The van der Waals surface area contributed by atoms with E-state index in [4.69, 9.17) is 23.2 Å². The Balaban J connectivity index is 1.57. The van der Waals surface area contributed by atoms with E-state index >= 15 is 0 Å². The second-order valence-electron chi connectivity index (χ2n) is 7.42. The van der Waals surface area contributed by atoms with E-state index in [0.29, 0.717) is 35.2 Å². The maximum Gasteiger partial charge on any atom is 0.237 e. The van der Waals surface area contributed by atoms with E-state index in [1.165, 1.54) is 0 Å². The lowest BCUT2D eigenvalue weighted by Crippen LogP contribution is -2.40. The lowest BCUT2D eigenvalue weighted by Gasteiger charge is -2.24. The third-order valence-electron chi connectivity index (χ3n) is 5.99. The molecule has 4 rings (SSSR count). The summed E-state index contributed by atoms with van der Waals surface area (Å²) in [5, 5.41) is 13.0. The average Bonchev–Trinajstić information content (AvgIpc) is 3.29. The molecule has 0 bridgehead atoms. The molecule has 134 valence electrons. The molecule has 2 fully saturated rings. The molecule has 3 aliphatic rings. The topological polar surface area (TPSA) is 69.6 Å². The number of fused-ring (bicyclic) bond motifs is 2. The summed E-state index contributed by atoms with van der Waals surface area (Å²) in [5.41, 5.74) is 0.797. The highest BCUT2D eigenvalue weighted by molar-refractivity contribution is 6.42. The monoisotopic (exact) mass is 382 g/mol. The van der Waals surface area contributed by atoms with Gasteiger partial charge >= 0.3 is 0 Å². The van der Waals surface area contributed by atoms with Crippen LogP contribution in [0, 0.1) is 11.8 Å². The van der Waals surface area contributed by atoms with Crippen LogP contribution in [-0.4, -0.2) is 41.5 Å². The molecule has 1 aromatic rings. The van der Waals surface area contributed by atoms with Gasteiger partial charge in [-0.25, -0.2) is 0 Å². The SMILES string of the molecule is O=C(C1CC[C@@H](CO)C1)N1CC[C@]2(C1)C(=O)Nc1cc(Cl)c(Cl)cc12. The van der Waals surface area contributed by atoms with Gasteiger partial charge in [-0.15, -0.1) is 0 Å². The lowest BCUT2D eigenvalue weighted by atomic mass is 9.81. The molecule has 25 heavy (non-hydrogen) atoms. The minimum atomic E-state index is -0.728. The summed E-state index contributed by atoms with van der Waals surface area (Å²) in [5.74, 6) is 0.205. The molecule has 1 aliphatic carbocycles. The number of aliphatic hydroxyl groups excluding tert-OH is 1. The van der Waals surface area contributed by atoms with Crippen molar-refractivity contribution in [3.8, 4) is 0 Å². The van der Waals surface area contributed by atoms with Crippen LogP contribution in [0.3, 0.4) is 0 Å². The van der Waals surface area contributed by atoms with Crippen molar-refractivity contribution in [1.82, 2.24) is 4.90 Å². The Kier molecular flexibility index (Phi) is 4.21. The van der Waals surface area contributed by atoms with Crippen LogP contribution in [0.15, 0.2) is 12.1 Å². The summed E-state index contributed by atoms with van der Waals surface area (Å²) in [6, 6.07) is 3.43. The minimum Gasteiger partial charge on any atom is -0.396 e. The number of aliphatic hydroxyl groups is 1. The van der Waals surface area contributed by atoms with Gasteiger partial charge in [0.1, 0.15) is 0 Å². The molecule has 2 amide bonds. The number of carbonyl (C=O) groups is 2. The summed E-state index contributed by atoms with van der Waals surface area (Å²) >= 11 is 12.2. The first-order valence-corrected chi connectivity index (χ1v) is 9.41. The number of halogens is 2. The molecule has 2 aliphatic heterocycles. The van der Waals surface area contributed by atoms with Crippen molar-refractivity contribution in [3.63, 3.8) is 0 Å². The Morgan fingerprint density at radius 3 is 2.80 bits per heavy atom. The summed E-state index contributed by atoms with van der Waals surface area (Å²) in [4.78, 5) is 27.4. The van der Waals surface area contributed by atoms with Gasteiger partial charge in [0.25, 0.3) is 0 Å². The lowest BCUT2D eigenvalue weighted by molar-refractivity contribution is -0.134. The first-order valence-electron chi connectivity index (χ1n) is 8.65. The molecule has 1 aromatic carbocycles. The fraction of sp³-hybridized carbons (Fsp3) is 0.556. The van der Waals surface area contributed by atoms with Crippen LogP contribution in [0.1, 0.15) is 31.2 Å². The molecule has 1 saturated heterocycles. The molecular weight excluding hydrogens is 363 g/mol. The predicted molar refractivity (Wildman–Crippen MR) is 95.9 cm³/mol. The Morgan fingerprint density at radius 1 is 1.32 bits per heavy atom. The van der Waals surface area contributed by atoms with Gasteiger partial charge in [-0.05, 0) is 49.3 Å². The van der Waals surface area contributed by atoms with Crippen LogP contribution in [-0.2, 0) is 15.0 Å². The van der Waals surface area contributed by atoms with Crippen molar-refractivity contribution in [2.24, 2.45) is 11.8 Å². The molecule has 0 radical (unpaired) electrons. The minimum absolute atomic E-state index is 0.0370. The van der Waals surface area contributed by atoms with Crippen LogP contribution in [0.4, 0.5) is 5.69 Å². The number of anilines is 1. The van der Waals surface area contributed by atoms with Gasteiger partial charge in [-0.2, -0.15) is 0 Å². The van der Waals surface area contributed by atoms with Crippen molar-refractivity contribution in [1.29, 1.82) is 0 Å². The third-order valence-corrected chi connectivity index (χ3v) is 6.71. The van der Waals surface area contributed by atoms with E-state index in [1.807, 2.05) is 4.90 Å². The van der Waals surface area contributed by atoms with Crippen LogP contribution in [0.25, 0.3) is 0 Å². The highest BCUT2D eigenvalue weighted by Crippen LogP contribution is 2.47. The number of benzene rings is 1. The maximum atomic E-state index is 12.9. The normalized spacial score (nSPS) is 30.8. The van der Waals surface area contributed by atoms with Gasteiger partial charge in [0.15, 0.2) is 0 Å². The van der Waals surface area contributed by atoms with Gasteiger partial charge in [0.05, 0.1) is 15.5 Å². The summed E-state index contributed by atoms with van der Waals surface area (Å²) in [6.07, 6.45) is 3.04. The fourth-order valence-electron chi connectivity index (χ4n) is 4.54. The van der Waals surface area contributed by atoms with Gasteiger partial charge in [0.2, 0.25) is 11.8 Å². The van der Waals surface area contributed by atoms with E-state index in [9.17, 15) is 14.7 Å².